The van der Waals surface area contributed by atoms with Gasteiger partial charge < -0.3 is 10.2 Å². The number of amides is 4. The lowest BCUT2D eigenvalue weighted by molar-refractivity contribution is -0.138. The summed E-state index contributed by atoms with van der Waals surface area (Å²) in [5, 5.41) is 2.56. The fraction of sp³-hybridized carbons (Fsp3) is 0.500. The number of rotatable bonds is 8. The van der Waals surface area contributed by atoms with E-state index in [9.17, 15) is 36.0 Å². The molecule has 1 fully saturated rings. The highest BCUT2D eigenvalue weighted by Crippen LogP contribution is 2.26. The molecular formula is C20H25N3O8S2. The molecule has 0 saturated carbocycles. The molecule has 3 rings (SSSR count). The zero-order valence-corrected chi connectivity index (χ0v) is 19.8. The molecule has 0 aliphatic carbocycles. The van der Waals surface area contributed by atoms with Gasteiger partial charge in [0.2, 0.25) is 11.8 Å². The molecule has 11 nitrogen and oxygen atoms in total. The monoisotopic (exact) mass is 499 g/mol. The fourth-order valence-corrected chi connectivity index (χ4v) is 6.23. The maximum atomic E-state index is 13.2. The van der Waals surface area contributed by atoms with Crippen LogP contribution in [0.2, 0.25) is 0 Å². The summed E-state index contributed by atoms with van der Waals surface area (Å²) in [6.45, 7) is -0.450. The number of imide groups is 1. The van der Waals surface area contributed by atoms with Crippen molar-refractivity contribution in [2.24, 2.45) is 0 Å². The summed E-state index contributed by atoms with van der Waals surface area (Å²) in [5.41, 5.74) is 0.227. The van der Waals surface area contributed by atoms with E-state index in [1.807, 2.05) is 0 Å². The third-order valence-corrected chi connectivity index (χ3v) is 8.28. The molecule has 13 heteroatoms. The van der Waals surface area contributed by atoms with Gasteiger partial charge in [0, 0.05) is 19.3 Å². The molecule has 1 aromatic rings. The second kappa shape index (κ2) is 9.21. The second-order valence-electron chi connectivity index (χ2n) is 8.32. The van der Waals surface area contributed by atoms with Gasteiger partial charge in [-0.25, -0.2) is 16.8 Å². The average Bonchev–Trinajstić information content (AvgIpc) is 3.18. The molecule has 4 amide bonds. The Hall–Kier alpha value is -2.80. The van der Waals surface area contributed by atoms with E-state index < -0.39 is 67.7 Å². The number of nitrogens with one attached hydrogen (secondary N) is 1. The molecule has 1 saturated heterocycles. The van der Waals surface area contributed by atoms with E-state index in [0.717, 1.165) is 16.1 Å². The van der Waals surface area contributed by atoms with E-state index in [2.05, 4.69) is 5.32 Å². The van der Waals surface area contributed by atoms with Crippen molar-refractivity contribution in [3.63, 3.8) is 0 Å². The highest BCUT2D eigenvalue weighted by molar-refractivity contribution is 7.91. The van der Waals surface area contributed by atoms with E-state index in [-0.39, 0.29) is 35.5 Å². The SMILES string of the molecule is CN(CC(=O)NC1CCS(=O)(=O)C1)C(=O)C(CCS(C)(=O)=O)N1C(=O)c2ccccc2C1=O. The maximum Gasteiger partial charge on any atom is 0.262 e. The van der Waals surface area contributed by atoms with Crippen molar-refractivity contribution in [3.8, 4) is 0 Å². The number of sulfone groups is 2. The van der Waals surface area contributed by atoms with E-state index in [4.69, 9.17) is 0 Å². The summed E-state index contributed by atoms with van der Waals surface area (Å²) >= 11 is 0. The average molecular weight is 500 g/mol. The van der Waals surface area contributed by atoms with Gasteiger partial charge in [-0.2, -0.15) is 0 Å². The molecule has 0 aromatic heterocycles. The van der Waals surface area contributed by atoms with Gasteiger partial charge in [-0.15, -0.1) is 0 Å². The standard InChI is InChI=1S/C20H25N3O8S2/c1-22(11-17(24)21-13-7-10-33(30,31)12-13)20(27)16(8-9-32(2,28)29)23-18(25)14-5-3-4-6-15(14)19(23)26/h3-6,13,16H,7-12H2,1-2H3,(H,21,24). The smallest absolute Gasteiger partial charge is 0.262 e. The minimum atomic E-state index is -3.52. The van der Waals surface area contributed by atoms with E-state index in [1.54, 1.807) is 12.1 Å². The van der Waals surface area contributed by atoms with Crippen LogP contribution in [0.4, 0.5) is 0 Å². The molecular weight excluding hydrogens is 474 g/mol. The number of fused-ring (bicyclic) bond motifs is 1. The summed E-state index contributed by atoms with van der Waals surface area (Å²) in [5.74, 6) is -3.45. The van der Waals surface area contributed by atoms with Crippen LogP contribution in [-0.2, 0) is 29.3 Å². The minimum Gasteiger partial charge on any atom is -0.351 e. The van der Waals surface area contributed by atoms with Crippen LogP contribution in [0.25, 0.3) is 0 Å². The Morgan fingerprint density at radius 2 is 1.76 bits per heavy atom. The first-order chi connectivity index (χ1) is 15.3. The molecule has 0 bridgehead atoms. The molecule has 2 aliphatic heterocycles. The predicted molar refractivity (Wildman–Crippen MR) is 118 cm³/mol. The number of carbonyl (C=O) groups excluding carboxylic acids is 4. The van der Waals surface area contributed by atoms with Crippen LogP contribution >= 0.6 is 0 Å². The Labute approximate surface area is 191 Å². The van der Waals surface area contributed by atoms with Crippen molar-refractivity contribution in [3.05, 3.63) is 35.4 Å². The van der Waals surface area contributed by atoms with Crippen molar-refractivity contribution in [1.29, 1.82) is 0 Å². The van der Waals surface area contributed by atoms with E-state index >= 15 is 0 Å². The topological polar surface area (TPSA) is 155 Å². The van der Waals surface area contributed by atoms with Crippen LogP contribution in [-0.4, -0.2) is 99.5 Å². The lowest BCUT2D eigenvalue weighted by Gasteiger charge is -2.29. The number of hydrogen-bond acceptors (Lipinski definition) is 8. The molecule has 1 aromatic carbocycles. The third kappa shape index (κ3) is 5.77. The Kier molecular flexibility index (Phi) is 6.93. The van der Waals surface area contributed by atoms with Crippen LogP contribution in [0.3, 0.4) is 0 Å². The molecule has 0 spiro atoms. The Morgan fingerprint density at radius 1 is 1.18 bits per heavy atom. The molecule has 2 unspecified atom stereocenters. The van der Waals surface area contributed by atoms with Gasteiger partial charge in [0.1, 0.15) is 15.9 Å². The number of benzene rings is 1. The zero-order valence-electron chi connectivity index (χ0n) is 18.2. The van der Waals surface area contributed by atoms with Gasteiger partial charge in [-0.05, 0) is 25.0 Å². The van der Waals surface area contributed by atoms with E-state index in [0.29, 0.717) is 0 Å². The first-order valence-corrected chi connectivity index (χ1v) is 14.1. The van der Waals surface area contributed by atoms with Gasteiger partial charge in [0.05, 0.1) is 34.9 Å². The van der Waals surface area contributed by atoms with Gasteiger partial charge >= 0.3 is 0 Å². The molecule has 2 atom stereocenters. The largest absolute Gasteiger partial charge is 0.351 e. The number of carbonyl (C=O) groups is 4. The first-order valence-electron chi connectivity index (χ1n) is 10.2. The quantitative estimate of drug-likeness (QED) is 0.440. The highest BCUT2D eigenvalue weighted by Gasteiger charge is 2.43. The normalized spacial score (nSPS) is 20.4. The fourth-order valence-electron chi connectivity index (χ4n) is 3.91. The summed E-state index contributed by atoms with van der Waals surface area (Å²) in [6.07, 6.45) is 0.928. The second-order valence-corrected chi connectivity index (χ2v) is 12.8. The molecule has 2 aliphatic rings. The highest BCUT2D eigenvalue weighted by atomic mass is 32.2. The van der Waals surface area contributed by atoms with Crippen molar-refractivity contribution in [2.45, 2.75) is 24.9 Å². The van der Waals surface area contributed by atoms with Gasteiger partial charge in [-0.3, -0.25) is 24.1 Å². The van der Waals surface area contributed by atoms with Crippen LogP contribution < -0.4 is 5.32 Å². The molecule has 1 N–H and O–H groups in total. The first kappa shape index (κ1) is 24.8. The van der Waals surface area contributed by atoms with Gasteiger partial charge in [0.15, 0.2) is 9.84 Å². The van der Waals surface area contributed by atoms with Gasteiger partial charge in [0.25, 0.3) is 11.8 Å². The summed E-state index contributed by atoms with van der Waals surface area (Å²) in [6, 6.07) is 4.06. The van der Waals surface area contributed by atoms with Crippen molar-refractivity contribution < 1.29 is 36.0 Å². The van der Waals surface area contributed by atoms with Crippen molar-refractivity contribution >= 4 is 43.3 Å². The molecule has 180 valence electrons. The molecule has 33 heavy (non-hydrogen) atoms. The molecule has 0 radical (unpaired) electrons. The summed E-state index contributed by atoms with van der Waals surface area (Å²) in [4.78, 5) is 53.0. The Bertz CT molecular complexity index is 1170. The van der Waals surface area contributed by atoms with Crippen molar-refractivity contribution in [2.75, 3.05) is 37.1 Å². The van der Waals surface area contributed by atoms with Crippen LogP contribution in [0.15, 0.2) is 24.3 Å². The third-order valence-electron chi connectivity index (χ3n) is 5.54. The van der Waals surface area contributed by atoms with E-state index in [1.165, 1.54) is 19.2 Å². The molecule has 2 heterocycles. The lowest BCUT2D eigenvalue weighted by Crippen LogP contribution is -2.52. The summed E-state index contributed by atoms with van der Waals surface area (Å²) < 4.78 is 46.6. The van der Waals surface area contributed by atoms with Crippen molar-refractivity contribution in [1.82, 2.24) is 15.1 Å². The van der Waals surface area contributed by atoms with Crippen LogP contribution in [0.5, 0.6) is 0 Å². The minimum absolute atomic E-state index is 0.0278. The zero-order chi connectivity index (χ0) is 24.6. The Balaban J connectivity index is 1.76. The number of hydrogen-bond donors (Lipinski definition) is 1. The van der Waals surface area contributed by atoms with Gasteiger partial charge in [-0.1, -0.05) is 12.1 Å². The van der Waals surface area contributed by atoms with Crippen LogP contribution in [0, 0.1) is 0 Å². The number of nitrogens with zero attached hydrogens (tertiary/aromatic N) is 2. The predicted octanol–water partition coefficient (Wildman–Crippen LogP) is -1.15. The maximum absolute atomic E-state index is 13.2. The van der Waals surface area contributed by atoms with Crippen LogP contribution in [0.1, 0.15) is 33.6 Å². The lowest BCUT2D eigenvalue weighted by atomic mass is 10.1. The number of likely N-dealkylation sites (N-methyl/N-ethyl adjacent to an activating group) is 1. The summed E-state index contributed by atoms with van der Waals surface area (Å²) in [7, 11) is -5.43. The Morgan fingerprint density at radius 3 is 2.24 bits per heavy atom.